The Morgan fingerprint density at radius 1 is 1.47 bits per heavy atom. The molecule has 0 N–H and O–H groups in total. The molecule has 1 atom stereocenters. The maximum absolute atomic E-state index is 12.8. The van der Waals surface area contributed by atoms with Gasteiger partial charge in [-0.3, -0.25) is 0 Å². The normalized spacial score (nSPS) is 20.9. The van der Waals surface area contributed by atoms with Crippen LogP contribution in [0.3, 0.4) is 0 Å². The van der Waals surface area contributed by atoms with Crippen molar-refractivity contribution in [3.63, 3.8) is 0 Å². The quantitative estimate of drug-likeness (QED) is 0.779. The van der Waals surface area contributed by atoms with E-state index < -0.39 is 11.7 Å². The number of alkyl halides is 4. The number of nitrogens with zero attached hydrogens (tertiary/aromatic N) is 2. The largest absolute Gasteiger partial charge is 0.419 e. The zero-order chi connectivity index (χ0) is 12.5. The third kappa shape index (κ3) is 2.73. The second kappa shape index (κ2) is 4.84. The van der Waals surface area contributed by atoms with Gasteiger partial charge in [0.05, 0.1) is 5.56 Å². The summed E-state index contributed by atoms with van der Waals surface area (Å²) < 4.78 is 38.4. The molecule has 1 unspecified atom stereocenters. The first-order chi connectivity index (χ1) is 8.02. The Bertz CT molecular complexity index is 395. The van der Waals surface area contributed by atoms with Crippen LogP contribution in [0.15, 0.2) is 18.3 Å². The molecule has 94 valence electrons. The Morgan fingerprint density at radius 2 is 2.24 bits per heavy atom. The Balaban J connectivity index is 2.27. The van der Waals surface area contributed by atoms with Crippen LogP contribution in [0.25, 0.3) is 0 Å². The molecule has 1 aromatic rings. The van der Waals surface area contributed by atoms with Gasteiger partial charge in [0, 0.05) is 24.6 Å². The topological polar surface area (TPSA) is 16.1 Å². The van der Waals surface area contributed by atoms with Gasteiger partial charge < -0.3 is 4.90 Å². The average molecular weight is 309 g/mol. The zero-order valence-electron chi connectivity index (χ0n) is 9.04. The predicted molar refractivity (Wildman–Crippen MR) is 63.4 cm³/mol. The van der Waals surface area contributed by atoms with Crippen LogP contribution in [0.5, 0.6) is 0 Å². The van der Waals surface area contributed by atoms with E-state index in [1.165, 1.54) is 12.3 Å². The van der Waals surface area contributed by atoms with Crippen molar-refractivity contribution in [3.05, 3.63) is 23.9 Å². The molecule has 0 saturated carbocycles. The minimum atomic E-state index is -4.34. The van der Waals surface area contributed by atoms with Gasteiger partial charge in [-0.1, -0.05) is 15.9 Å². The second-order valence-electron chi connectivity index (χ2n) is 4.13. The van der Waals surface area contributed by atoms with E-state index >= 15 is 0 Å². The molecule has 1 aliphatic rings. The molecule has 1 aromatic heterocycles. The summed E-state index contributed by atoms with van der Waals surface area (Å²) in [5, 5.41) is 0.817. The monoisotopic (exact) mass is 308 g/mol. The Labute approximate surface area is 106 Å². The molecule has 0 aliphatic carbocycles. The highest BCUT2D eigenvalue weighted by molar-refractivity contribution is 9.09. The van der Waals surface area contributed by atoms with Crippen molar-refractivity contribution in [1.29, 1.82) is 0 Å². The summed E-state index contributed by atoms with van der Waals surface area (Å²) >= 11 is 3.36. The van der Waals surface area contributed by atoms with Gasteiger partial charge in [0.2, 0.25) is 0 Å². The maximum atomic E-state index is 12.8. The highest BCUT2D eigenvalue weighted by Gasteiger charge is 2.37. The predicted octanol–water partition coefficient (Wildman–Crippen LogP) is 3.32. The van der Waals surface area contributed by atoms with Gasteiger partial charge in [0.15, 0.2) is 0 Å². The van der Waals surface area contributed by atoms with E-state index in [2.05, 4.69) is 20.9 Å². The summed E-state index contributed by atoms with van der Waals surface area (Å²) in [7, 11) is 0. The third-order valence-corrected chi connectivity index (χ3v) is 3.81. The van der Waals surface area contributed by atoms with Crippen molar-refractivity contribution in [3.8, 4) is 0 Å². The van der Waals surface area contributed by atoms with Crippen LogP contribution in [0.1, 0.15) is 12.0 Å². The lowest BCUT2D eigenvalue weighted by Crippen LogP contribution is -2.24. The van der Waals surface area contributed by atoms with Gasteiger partial charge in [-0.2, -0.15) is 13.2 Å². The first-order valence-electron chi connectivity index (χ1n) is 5.35. The zero-order valence-corrected chi connectivity index (χ0v) is 10.6. The number of hydrogen-bond donors (Lipinski definition) is 0. The van der Waals surface area contributed by atoms with Crippen molar-refractivity contribution in [2.45, 2.75) is 12.6 Å². The Kier molecular flexibility index (Phi) is 3.61. The van der Waals surface area contributed by atoms with Gasteiger partial charge in [0.25, 0.3) is 0 Å². The van der Waals surface area contributed by atoms with E-state index in [9.17, 15) is 13.2 Å². The molecule has 2 nitrogen and oxygen atoms in total. The van der Waals surface area contributed by atoms with Gasteiger partial charge >= 0.3 is 6.18 Å². The number of halogens is 4. The number of rotatable bonds is 2. The molecule has 2 heterocycles. The van der Waals surface area contributed by atoms with Crippen molar-refractivity contribution in [2.75, 3.05) is 23.3 Å². The Morgan fingerprint density at radius 3 is 2.82 bits per heavy atom. The van der Waals surface area contributed by atoms with E-state index in [1.54, 1.807) is 4.90 Å². The molecule has 0 radical (unpaired) electrons. The fraction of sp³-hybridized carbons (Fsp3) is 0.545. The van der Waals surface area contributed by atoms with E-state index in [0.29, 0.717) is 19.0 Å². The van der Waals surface area contributed by atoms with Crippen molar-refractivity contribution in [1.82, 2.24) is 4.98 Å². The number of hydrogen-bond acceptors (Lipinski definition) is 2. The van der Waals surface area contributed by atoms with Crippen LogP contribution >= 0.6 is 15.9 Å². The van der Waals surface area contributed by atoms with Crippen LogP contribution in [-0.4, -0.2) is 23.4 Å². The molecule has 2 rings (SSSR count). The van der Waals surface area contributed by atoms with Crippen molar-refractivity contribution >= 4 is 21.7 Å². The minimum Gasteiger partial charge on any atom is -0.356 e. The fourth-order valence-corrected chi connectivity index (χ4v) is 2.55. The van der Waals surface area contributed by atoms with E-state index in [-0.39, 0.29) is 5.82 Å². The number of aromatic nitrogens is 1. The minimum absolute atomic E-state index is 0.0588. The van der Waals surface area contributed by atoms with E-state index in [0.717, 1.165) is 17.8 Å². The number of pyridine rings is 1. The van der Waals surface area contributed by atoms with Gasteiger partial charge in [-0.25, -0.2) is 4.98 Å². The first kappa shape index (κ1) is 12.7. The first-order valence-corrected chi connectivity index (χ1v) is 6.47. The molecule has 0 bridgehead atoms. The standard InChI is InChI=1S/C11H12BrF3N2/c12-6-8-3-5-17(7-8)10-9(11(13,14)15)2-1-4-16-10/h1-2,4,8H,3,5-7H2. The van der Waals surface area contributed by atoms with Gasteiger partial charge in [-0.05, 0) is 24.5 Å². The molecule has 0 amide bonds. The molecule has 17 heavy (non-hydrogen) atoms. The van der Waals surface area contributed by atoms with Crippen LogP contribution in [0.4, 0.5) is 19.0 Å². The molecule has 6 heteroatoms. The van der Waals surface area contributed by atoms with Crippen LogP contribution in [0.2, 0.25) is 0 Å². The smallest absolute Gasteiger partial charge is 0.356 e. The van der Waals surface area contributed by atoms with Gasteiger partial charge in [-0.15, -0.1) is 0 Å². The lowest BCUT2D eigenvalue weighted by atomic mass is 10.2. The van der Waals surface area contributed by atoms with Crippen LogP contribution in [-0.2, 0) is 6.18 Å². The SMILES string of the molecule is FC(F)(F)c1cccnc1N1CCC(CBr)C1. The van der Waals surface area contributed by atoms with Crippen molar-refractivity contribution in [2.24, 2.45) is 5.92 Å². The van der Waals surface area contributed by atoms with Gasteiger partial charge in [0.1, 0.15) is 5.82 Å². The molecule has 0 spiro atoms. The number of anilines is 1. The molecule has 0 aromatic carbocycles. The molecular formula is C11H12BrF3N2. The summed E-state index contributed by atoms with van der Waals surface area (Å²) in [5.74, 6) is 0.460. The molecule has 1 fully saturated rings. The van der Waals surface area contributed by atoms with Crippen molar-refractivity contribution < 1.29 is 13.2 Å². The Hall–Kier alpha value is -0.780. The second-order valence-corrected chi connectivity index (χ2v) is 4.77. The summed E-state index contributed by atoms with van der Waals surface area (Å²) in [6.07, 6.45) is -2.03. The molecular weight excluding hydrogens is 297 g/mol. The summed E-state index contributed by atoms with van der Waals surface area (Å²) in [5.41, 5.74) is -0.643. The maximum Gasteiger partial charge on any atom is 0.419 e. The summed E-state index contributed by atoms with van der Waals surface area (Å²) in [6.45, 7) is 1.27. The lowest BCUT2D eigenvalue weighted by Gasteiger charge is -2.21. The van der Waals surface area contributed by atoms with E-state index in [1.807, 2.05) is 0 Å². The molecule has 1 saturated heterocycles. The van der Waals surface area contributed by atoms with Crippen LogP contribution < -0.4 is 4.90 Å². The fourth-order valence-electron chi connectivity index (χ4n) is 2.02. The summed E-state index contributed by atoms with van der Waals surface area (Å²) in [4.78, 5) is 5.60. The third-order valence-electron chi connectivity index (χ3n) is 2.90. The molecule has 1 aliphatic heterocycles. The summed E-state index contributed by atoms with van der Waals surface area (Å²) in [6, 6.07) is 2.41. The highest BCUT2D eigenvalue weighted by Crippen LogP contribution is 2.36. The van der Waals surface area contributed by atoms with E-state index in [4.69, 9.17) is 0 Å². The lowest BCUT2D eigenvalue weighted by molar-refractivity contribution is -0.137. The highest BCUT2D eigenvalue weighted by atomic mass is 79.9. The van der Waals surface area contributed by atoms with Crippen LogP contribution in [0, 0.1) is 5.92 Å². The average Bonchev–Trinajstić information content (AvgIpc) is 2.76.